The number of nitrogens with one attached hydrogen (secondary N) is 1. The van der Waals surface area contributed by atoms with Crippen molar-refractivity contribution in [2.24, 2.45) is 0 Å². The topological polar surface area (TPSA) is 29.1 Å². The van der Waals surface area contributed by atoms with Gasteiger partial charge in [-0.1, -0.05) is 44.0 Å². The predicted molar refractivity (Wildman–Crippen MR) is 64.4 cm³/mol. The van der Waals surface area contributed by atoms with Crippen molar-refractivity contribution in [2.45, 2.75) is 13.0 Å². The molecule has 14 heavy (non-hydrogen) atoms. The van der Waals surface area contributed by atoms with Crippen molar-refractivity contribution in [1.29, 1.82) is 0 Å². The summed E-state index contributed by atoms with van der Waals surface area (Å²) >= 11 is 6.60. The zero-order chi connectivity index (χ0) is 10.4. The molecule has 1 N–H and O–H groups in total. The SMILES string of the molecule is O=C(CCBr)NCc1cccc(Br)c1. The number of halogens is 2. The van der Waals surface area contributed by atoms with Gasteiger partial charge in [0.2, 0.25) is 5.91 Å². The molecule has 76 valence electrons. The molecule has 0 spiro atoms. The summed E-state index contributed by atoms with van der Waals surface area (Å²) in [6.45, 7) is 0.589. The second kappa shape index (κ2) is 6.19. The van der Waals surface area contributed by atoms with E-state index in [4.69, 9.17) is 0 Å². The second-order valence-corrected chi connectivity index (χ2v) is 4.55. The first-order chi connectivity index (χ1) is 6.72. The van der Waals surface area contributed by atoms with Crippen LogP contribution in [0.1, 0.15) is 12.0 Å². The maximum atomic E-state index is 11.1. The second-order valence-electron chi connectivity index (χ2n) is 2.85. The van der Waals surface area contributed by atoms with Crippen LogP contribution in [0.15, 0.2) is 28.7 Å². The molecule has 0 fully saturated rings. The minimum atomic E-state index is 0.0712. The van der Waals surface area contributed by atoms with Gasteiger partial charge in [-0.25, -0.2) is 0 Å². The van der Waals surface area contributed by atoms with E-state index in [0.717, 1.165) is 10.0 Å². The van der Waals surface area contributed by atoms with Crippen molar-refractivity contribution in [1.82, 2.24) is 5.32 Å². The van der Waals surface area contributed by atoms with Crippen LogP contribution in [0.3, 0.4) is 0 Å². The Morgan fingerprint density at radius 1 is 1.43 bits per heavy atom. The number of hydrogen-bond donors (Lipinski definition) is 1. The van der Waals surface area contributed by atoms with Crippen molar-refractivity contribution in [2.75, 3.05) is 5.33 Å². The van der Waals surface area contributed by atoms with Crippen molar-refractivity contribution in [3.63, 3.8) is 0 Å². The highest BCUT2D eigenvalue weighted by atomic mass is 79.9. The summed E-state index contributed by atoms with van der Waals surface area (Å²) in [6, 6.07) is 7.90. The Bertz CT molecular complexity index is 315. The van der Waals surface area contributed by atoms with E-state index < -0.39 is 0 Å². The molecule has 0 unspecified atom stereocenters. The number of carbonyl (C=O) groups is 1. The smallest absolute Gasteiger partial charge is 0.221 e. The lowest BCUT2D eigenvalue weighted by Crippen LogP contribution is -2.22. The number of rotatable bonds is 4. The molecule has 0 radical (unpaired) electrons. The molecule has 0 saturated heterocycles. The van der Waals surface area contributed by atoms with Gasteiger partial charge in [-0.2, -0.15) is 0 Å². The molecule has 2 nitrogen and oxygen atoms in total. The number of benzene rings is 1. The monoisotopic (exact) mass is 319 g/mol. The van der Waals surface area contributed by atoms with Crippen molar-refractivity contribution in [3.8, 4) is 0 Å². The van der Waals surface area contributed by atoms with E-state index in [9.17, 15) is 4.79 Å². The van der Waals surface area contributed by atoms with Gasteiger partial charge >= 0.3 is 0 Å². The fourth-order valence-electron chi connectivity index (χ4n) is 1.02. The van der Waals surface area contributed by atoms with Gasteiger partial charge in [-0.3, -0.25) is 4.79 Å². The summed E-state index contributed by atoms with van der Waals surface area (Å²) in [5.74, 6) is 0.0712. The molecule has 1 rings (SSSR count). The van der Waals surface area contributed by atoms with E-state index in [2.05, 4.69) is 37.2 Å². The van der Waals surface area contributed by atoms with E-state index in [1.165, 1.54) is 0 Å². The third-order valence-electron chi connectivity index (χ3n) is 1.70. The third kappa shape index (κ3) is 4.24. The highest BCUT2D eigenvalue weighted by molar-refractivity contribution is 9.10. The Morgan fingerprint density at radius 3 is 2.86 bits per heavy atom. The third-order valence-corrected chi connectivity index (χ3v) is 2.59. The first-order valence-electron chi connectivity index (χ1n) is 4.29. The zero-order valence-corrected chi connectivity index (χ0v) is 10.8. The quantitative estimate of drug-likeness (QED) is 0.849. The fourth-order valence-corrected chi connectivity index (χ4v) is 1.83. The summed E-state index contributed by atoms with van der Waals surface area (Å²) in [4.78, 5) is 11.1. The van der Waals surface area contributed by atoms with Crippen molar-refractivity contribution in [3.05, 3.63) is 34.3 Å². The Balaban J connectivity index is 2.41. The zero-order valence-electron chi connectivity index (χ0n) is 7.59. The van der Waals surface area contributed by atoms with Crippen LogP contribution in [0.2, 0.25) is 0 Å². The Kier molecular flexibility index (Phi) is 5.19. The van der Waals surface area contributed by atoms with E-state index in [1.807, 2.05) is 24.3 Å². The lowest BCUT2D eigenvalue weighted by Gasteiger charge is -2.04. The number of hydrogen-bond acceptors (Lipinski definition) is 1. The van der Waals surface area contributed by atoms with Gasteiger partial charge in [0.15, 0.2) is 0 Å². The number of carbonyl (C=O) groups excluding carboxylic acids is 1. The van der Waals surface area contributed by atoms with Gasteiger partial charge in [0.1, 0.15) is 0 Å². The molecule has 0 bridgehead atoms. The Labute approximate surface area is 100 Å². The first-order valence-corrected chi connectivity index (χ1v) is 6.21. The highest BCUT2D eigenvalue weighted by Gasteiger charge is 1.99. The molecule has 0 saturated carbocycles. The molecule has 0 aliphatic rings. The van der Waals surface area contributed by atoms with Crippen LogP contribution in [0.25, 0.3) is 0 Å². The van der Waals surface area contributed by atoms with Gasteiger partial charge in [0.05, 0.1) is 0 Å². The predicted octanol–water partition coefficient (Wildman–Crippen LogP) is 2.85. The molecule has 0 aliphatic heterocycles. The van der Waals surface area contributed by atoms with Gasteiger partial charge < -0.3 is 5.32 Å². The fraction of sp³-hybridized carbons (Fsp3) is 0.300. The molecule has 0 heterocycles. The maximum Gasteiger partial charge on any atom is 0.221 e. The van der Waals surface area contributed by atoms with Crippen molar-refractivity contribution >= 4 is 37.8 Å². The molecule has 4 heteroatoms. The summed E-state index contributed by atoms with van der Waals surface area (Å²) in [5.41, 5.74) is 1.10. The van der Waals surface area contributed by atoms with Crippen LogP contribution in [0.5, 0.6) is 0 Å². The molecule has 1 aromatic carbocycles. The van der Waals surface area contributed by atoms with Crippen LogP contribution in [0, 0.1) is 0 Å². The van der Waals surface area contributed by atoms with E-state index in [0.29, 0.717) is 18.3 Å². The summed E-state index contributed by atoms with van der Waals surface area (Å²) < 4.78 is 1.03. The summed E-state index contributed by atoms with van der Waals surface area (Å²) in [5, 5.41) is 3.54. The molecule has 1 aromatic rings. The summed E-state index contributed by atoms with van der Waals surface area (Å²) in [6.07, 6.45) is 0.522. The van der Waals surface area contributed by atoms with E-state index >= 15 is 0 Å². The normalized spacial score (nSPS) is 9.86. The van der Waals surface area contributed by atoms with Crippen LogP contribution in [0.4, 0.5) is 0 Å². The molecule has 0 aromatic heterocycles. The molecular weight excluding hydrogens is 310 g/mol. The van der Waals surface area contributed by atoms with Crippen LogP contribution in [-0.4, -0.2) is 11.2 Å². The van der Waals surface area contributed by atoms with Crippen LogP contribution in [-0.2, 0) is 11.3 Å². The van der Waals surface area contributed by atoms with Gasteiger partial charge in [-0.05, 0) is 17.7 Å². The maximum absolute atomic E-state index is 11.1. The largest absolute Gasteiger partial charge is 0.352 e. The Morgan fingerprint density at radius 2 is 2.21 bits per heavy atom. The van der Waals surface area contributed by atoms with Gasteiger partial charge in [0, 0.05) is 22.8 Å². The van der Waals surface area contributed by atoms with Crippen LogP contribution < -0.4 is 5.32 Å². The summed E-state index contributed by atoms with van der Waals surface area (Å²) in [7, 11) is 0. The number of amides is 1. The average molecular weight is 321 g/mol. The first kappa shape index (κ1) is 11.7. The number of alkyl halides is 1. The molecule has 0 atom stereocenters. The van der Waals surface area contributed by atoms with Gasteiger partial charge in [0.25, 0.3) is 0 Å². The van der Waals surface area contributed by atoms with Gasteiger partial charge in [-0.15, -0.1) is 0 Å². The lowest BCUT2D eigenvalue weighted by molar-refractivity contribution is -0.120. The average Bonchev–Trinajstić information content (AvgIpc) is 2.15. The molecule has 0 aliphatic carbocycles. The Hall–Kier alpha value is -0.350. The molecular formula is C10H11Br2NO. The van der Waals surface area contributed by atoms with E-state index in [1.54, 1.807) is 0 Å². The van der Waals surface area contributed by atoms with Crippen LogP contribution >= 0.6 is 31.9 Å². The van der Waals surface area contributed by atoms with Crippen molar-refractivity contribution < 1.29 is 4.79 Å². The molecule has 1 amide bonds. The highest BCUT2D eigenvalue weighted by Crippen LogP contribution is 2.11. The standard InChI is InChI=1S/C10H11Br2NO/c11-5-4-10(14)13-7-8-2-1-3-9(12)6-8/h1-3,6H,4-5,7H2,(H,13,14). The van der Waals surface area contributed by atoms with E-state index in [-0.39, 0.29) is 5.91 Å². The minimum absolute atomic E-state index is 0.0712. The lowest BCUT2D eigenvalue weighted by atomic mass is 10.2. The minimum Gasteiger partial charge on any atom is -0.352 e.